The molecule has 0 saturated carbocycles. The first-order valence-electron chi connectivity index (χ1n) is 12.0. The molecular formula is C29H21ClF2N4O2S. The number of rotatable bonds is 8. The number of ketones is 1. The number of amides is 1. The van der Waals surface area contributed by atoms with Crippen LogP contribution in [0.15, 0.2) is 79.4 Å². The molecular weight excluding hydrogens is 542 g/mol. The Morgan fingerprint density at radius 2 is 1.85 bits per heavy atom. The van der Waals surface area contributed by atoms with Crippen LogP contribution in [0.2, 0.25) is 5.02 Å². The van der Waals surface area contributed by atoms with Crippen molar-refractivity contribution < 1.29 is 18.4 Å². The molecule has 0 aliphatic rings. The molecule has 0 spiro atoms. The van der Waals surface area contributed by atoms with Gasteiger partial charge in [-0.1, -0.05) is 30.7 Å². The molecule has 0 aliphatic carbocycles. The second-order valence-electron chi connectivity index (χ2n) is 8.59. The molecule has 196 valence electrons. The van der Waals surface area contributed by atoms with Crippen LogP contribution in [-0.2, 0) is 0 Å². The van der Waals surface area contributed by atoms with Crippen molar-refractivity contribution in [2.75, 3.05) is 10.1 Å². The number of hydrogen-bond donors (Lipinski definition) is 1. The van der Waals surface area contributed by atoms with Crippen molar-refractivity contribution in [3.63, 3.8) is 0 Å². The number of pyridine rings is 2. The maximum atomic E-state index is 16.0. The summed E-state index contributed by atoms with van der Waals surface area (Å²) in [7, 11) is 0. The lowest BCUT2D eigenvalue weighted by atomic mass is 9.99. The molecule has 0 atom stereocenters. The van der Waals surface area contributed by atoms with Crippen LogP contribution in [0.1, 0.15) is 39.6 Å². The zero-order valence-corrected chi connectivity index (χ0v) is 22.2. The predicted octanol–water partition coefficient (Wildman–Crippen LogP) is 7.49. The van der Waals surface area contributed by atoms with Gasteiger partial charge < -0.3 is 4.98 Å². The highest BCUT2D eigenvalue weighted by Crippen LogP contribution is 2.34. The Kier molecular flexibility index (Phi) is 7.72. The average molecular weight is 563 g/mol. The summed E-state index contributed by atoms with van der Waals surface area (Å²) in [5.74, 6) is -3.08. The SMILES string of the molecule is CCCSN(C(=O)c1cccnc1)c1ccc(F)c(C(=O)c2c[nH]c3ncc(-c4ccc(Cl)cc4)cc23)c1F. The minimum Gasteiger partial charge on any atom is -0.345 e. The normalized spacial score (nSPS) is 11.1. The Morgan fingerprint density at radius 3 is 2.56 bits per heavy atom. The smallest absolute Gasteiger partial charge is 0.270 e. The maximum Gasteiger partial charge on any atom is 0.270 e. The highest BCUT2D eigenvalue weighted by atomic mass is 35.5. The van der Waals surface area contributed by atoms with Gasteiger partial charge >= 0.3 is 0 Å². The molecule has 0 radical (unpaired) electrons. The summed E-state index contributed by atoms with van der Waals surface area (Å²) in [6.45, 7) is 1.92. The summed E-state index contributed by atoms with van der Waals surface area (Å²) in [6, 6.07) is 14.1. The van der Waals surface area contributed by atoms with Crippen molar-refractivity contribution in [1.82, 2.24) is 15.0 Å². The minimum atomic E-state index is -1.13. The predicted molar refractivity (Wildman–Crippen MR) is 150 cm³/mol. The number of carbonyl (C=O) groups excluding carboxylic acids is 2. The lowest BCUT2D eigenvalue weighted by molar-refractivity contribution is 0.100. The third kappa shape index (κ3) is 5.28. The number of anilines is 1. The van der Waals surface area contributed by atoms with Gasteiger partial charge in [-0.2, -0.15) is 0 Å². The molecule has 0 aliphatic heterocycles. The molecule has 0 unspecified atom stereocenters. The van der Waals surface area contributed by atoms with Gasteiger partial charge in [-0.15, -0.1) is 0 Å². The van der Waals surface area contributed by atoms with Gasteiger partial charge in [0.25, 0.3) is 5.91 Å². The standard InChI is InChI=1S/C29H21ClF2N4O2S/c1-2-12-39-36(29(38)18-4-3-11-33-14-18)24-10-9-23(31)25(26(24)32)27(37)22-16-35-28-21(22)13-19(15-34-28)17-5-7-20(30)8-6-17/h3-11,13-16H,2,12H2,1H3,(H,34,35). The van der Waals surface area contributed by atoms with Gasteiger partial charge in [-0.05, 0) is 66.4 Å². The van der Waals surface area contributed by atoms with Crippen LogP contribution >= 0.6 is 23.5 Å². The van der Waals surface area contributed by atoms with E-state index >= 15 is 8.78 Å². The summed E-state index contributed by atoms with van der Waals surface area (Å²) < 4.78 is 32.2. The number of benzene rings is 2. The lowest BCUT2D eigenvalue weighted by Gasteiger charge is -2.22. The molecule has 3 heterocycles. The van der Waals surface area contributed by atoms with E-state index in [0.717, 1.165) is 33.9 Å². The highest BCUT2D eigenvalue weighted by Gasteiger charge is 2.29. The van der Waals surface area contributed by atoms with Gasteiger partial charge in [0.1, 0.15) is 11.5 Å². The number of aromatic nitrogens is 3. The Hall–Kier alpha value is -4.08. The van der Waals surface area contributed by atoms with E-state index in [9.17, 15) is 9.59 Å². The third-order valence-electron chi connectivity index (χ3n) is 5.99. The van der Waals surface area contributed by atoms with Gasteiger partial charge in [0, 0.05) is 52.1 Å². The molecule has 1 N–H and O–H groups in total. The Morgan fingerprint density at radius 1 is 1.05 bits per heavy atom. The van der Waals surface area contributed by atoms with Gasteiger partial charge in [-0.25, -0.2) is 18.1 Å². The Balaban J connectivity index is 1.58. The van der Waals surface area contributed by atoms with Crippen LogP contribution in [-0.4, -0.2) is 32.4 Å². The van der Waals surface area contributed by atoms with E-state index in [-0.39, 0.29) is 16.8 Å². The second-order valence-corrected chi connectivity index (χ2v) is 10.1. The molecule has 3 aromatic heterocycles. The molecule has 10 heteroatoms. The molecule has 5 rings (SSSR count). The second kappa shape index (κ2) is 11.3. The number of nitrogens with zero attached hydrogens (tertiary/aromatic N) is 3. The van der Waals surface area contributed by atoms with Crippen LogP contribution in [0, 0.1) is 11.6 Å². The zero-order chi connectivity index (χ0) is 27.5. The van der Waals surface area contributed by atoms with E-state index in [0.29, 0.717) is 33.8 Å². The summed E-state index contributed by atoms with van der Waals surface area (Å²) in [4.78, 5) is 38.1. The summed E-state index contributed by atoms with van der Waals surface area (Å²) in [5, 5.41) is 0.976. The van der Waals surface area contributed by atoms with Gasteiger partial charge in [0.05, 0.1) is 16.8 Å². The summed E-state index contributed by atoms with van der Waals surface area (Å²) >= 11 is 7.07. The van der Waals surface area contributed by atoms with Crippen LogP contribution in [0.5, 0.6) is 0 Å². The number of hydrogen-bond acceptors (Lipinski definition) is 5. The number of H-pyrrole nitrogens is 1. The highest BCUT2D eigenvalue weighted by molar-refractivity contribution is 8.01. The van der Waals surface area contributed by atoms with Crippen LogP contribution in [0.3, 0.4) is 0 Å². The molecule has 1 amide bonds. The quantitative estimate of drug-likeness (QED) is 0.156. The van der Waals surface area contributed by atoms with Crippen molar-refractivity contribution in [2.24, 2.45) is 0 Å². The Bertz CT molecular complexity index is 1680. The van der Waals surface area contributed by atoms with Crippen LogP contribution in [0.25, 0.3) is 22.2 Å². The molecule has 0 bridgehead atoms. The maximum absolute atomic E-state index is 16.0. The lowest BCUT2D eigenvalue weighted by Crippen LogP contribution is -2.26. The number of carbonyl (C=O) groups is 2. The molecule has 0 saturated heterocycles. The van der Waals surface area contributed by atoms with E-state index in [1.54, 1.807) is 36.5 Å². The van der Waals surface area contributed by atoms with Crippen LogP contribution < -0.4 is 4.31 Å². The van der Waals surface area contributed by atoms with Crippen molar-refractivity contribution in [1.29, 1.82) is 0 Å². The molecule has 2 aromatic carbocycles. The van der Waals surface area contributed by atoms with E-state index in [1.165, 1.54) is 18.6 Å². The van der Waals surface area contributed by atoms with E-state index in [2.05, 4.69) is 15.0 Å². The molecule has 39 heavy (non-hydrogen) atoms. The monoisotopic (exact) mass is 562 g/mol. The number of nitrogens with one attached hydrogen (secondary N) is 1. The van der Waals surface area contributed by atoms with Gasteiger partial charge in [0.15, 0.2) is 5.82 Å². The third-order valence-corrected chi connectivity index (χ3v) is 7.45. The largest absolute Gasteiger partial charge is 0.345 e. The first-order valence-corrected chi connectivity index (χ1v) is 13.3. The topological polar surface area (TPSA) is 79.0 Å². The molecule has 6 nitrogen and oxygen atoms in total. The van der Waals surface area contributed by atoms with Crippen LogP contribution in [0.4, 0.5) is 14.5 Å². The minimum absolute atomic E-state index is 0.0506. The first-order chi connectivity index (χ1) is 18.9. The fourth-order valence-electron chi connectivity index (χ4n) is 4.06. The van der Waals surface area contributed by atoms with Crippen molar-refractivity contribution in [3.05, 3.63) is 113 Å². The molecule has 5 aromatic rings. The number of aromatic amines is 1. The van der Waals surface area contributed by atoms with Crippen molar-refractivity contribution >= 4 is 52.0 Å². The first kappa shape index (κ1) is 26.5. The average Bonchev–Trinajstić information content (AvgIpc) is 3.38. The van der Waals surface area contributed by atoms with Crippen molar-refractivity contribution in [2.45, 2.75) is 13.3 Å². The Labute approximate surface area is 232 Å². The van der Waals surface area contributed by atoms with E-state index in [1.807, 2.05) is 19.1 Å². The fraction of sp³-hybridized carbons (Fsp3) is 0.103. The van der Waals surface area contributed by atoms with Gasteiger partial charge in [-0.3, -0.25) is 14.6 Å². The van der Waals surface area contributed by atoms with E-state index < -0.39 is 28.9 Å². The fourth-order valence-corrected chi connectivity index (χ4v) is 5.05. The van der Waals surface area contributed by atoms with E-state index in [4.69, 9.17) is 11.6 Å². The summed E-state index contributed by atoms with van der Waals surface area (Å²) in [5.41, 5.74) is 1.21. The summed E-state index contributed by atoms with van der Waals surface area (Å²) in [6.07, 6.45) is 6.59. The van der Waals surface area contributed by atoms with Gasteiger partial charge in [0.2, 0.25) is 5.78 Å². The number of halogens is 3. The number of fused-ring (bicyclic) bond motifs is 1. The zero-order valence-electron chi connectivity index (χ0n) is 20.6. The molecule has 0 fully saturated rings. The van der Waals surface area contributed by atoms with Crippen molar-refractivity contribution in [3.8, 4) is 11.1 Å².